The van der Waals surface area contributed by atoms with Crippen LogP contribution in [0.3, 0.4) is 0 Å². The summed E-state index contributed by atoms with van der Waals surface area (Å²) in [6, 6.07) is 5.65. The number of hydrogen-bond donors (Lipinski definition) is 1. The summed E-state index contributed by atoms with van der Waals surface area (Å²) in [5.74, 6) is 0.342. The number of nitrogens with zero attached hydrogens (tertiary/aromatic N) is 1. The molecule has 2 rings (SSSR count). The molecule has 0 bridgehead atoms. The summed E-state index contributed by atoms with van der Waals surface area (Å²) in [4.78, 5) is 25.6. The molecule has 0 saturated heterocycles. The van der Waals surface area contributed by atoms with Crippen LogP contribution in [0.25, 0.3) is 0 Å². The molecule has 23 heavy (non-hydrogen) atoms. The lowest BCUT2D eigenvalue weighted by molar-refractivity contribution is -0.127. The van der Waals surface area contributed by atoms with Crippen LogP contribution in [0.4, 0.5) is 5.69 Å². The predicted molar refractivity (Wildman–Crippen MR) is 84.5 cm³/mol. The first-order valence-electron chi connectivity index (χ1n) is 7.41. The fraction of sp³-hybridized carbons (Fsp3) is 0.500. The van der Waals surface area contributed by atoms with Crippen molar-refractivity contribution in [2.45, 2.75) is 19.6 Å². The molecule has 0 aliphatic carbocycles. The van der Waals surface area contributed by atoms with E-state index in [0.717, 1.165) is 5.56 Å². The second-order valence-electron chi connectivity index (χ2n) is 5.26. The van der Waals surface area contributed by atoms with E-state index in [1.807, 2.05) is 25.1 Å². The second kappa shape index (κ2) is 7.94. The molecule has 0 atom stereocenters. The number of nitrogens with one attached hydrogen (secondary N) is 1. The van der Waals surface area contributed by atoms with Gasteiger partial charge in [-0.05, 0) is 24.6 Å². The zero-order valence-electron chi connectivity index (χ0n) is 13.6. The summed E-state index contributed by atoms with van der Waals surface area (Å²) in [5, 5.41) is 2.72. The van der Waals surface area contributed by atoms with Crippen molar-refractivity contribution in [3.8, 4) is 5.75 Å². The van der Waals surface area contributed by atoms with Crippen molar-refractivity contribution in [2.75, 3.05) is 38.8 Å². The monoisotopic (exact) mass is 322 g/mol. The van der Waals surface area contributed by atoms with Crippen molar-refractivity contribution in [3.05, 3.63) is 23.8 Å². The smallest absolute Gasteiger partial charge is 0.265 e. The maximum absolute atomic E-state index is 12.1. The zero-order chi connectivity index (χ0) is 16.8. The van der Waals surface area contributed by atoms with Gasteiger partial charge in [-0.1, -0.05) is 6.07 Å². The number of rotatable bonds is 7. The average Bonchev–Trinajstić information content (AvgIpc) is 2.54. The van der Waals surface area contributed by atoms with E-state index in [1.165, 1.54) is 14.2 Å². The maximum atomic E-state index is 12.1. The molecule has 1 N–H and O–H groups in total. The second-order valence-corrected chi connectivity index (χ2v) is 5.26. The third-order valence-corrected chi connectivity index (χ3v) is 3.61. The fourth-order valence-electron chi connectivity index (χ4n) is 2.32. The lowest BCUT2D eigenvalue weighted by atomic mass is 10.1. The van der Waals surface area contributed by atoms with Gasteiger partial charge in [0, 0.05) is 27.2 Å². The number of hydrogen-bond acceptors (Lipinski definition) is 5. The van der Waals surface area contributed by atoms with Crippen molar-refractivity contribution in [1.82, 2.24) is 5.32 Å². The Morgan fingerprint density at radius 2 is 2.13 bits per heavy atom. The first kappa shape index (κ1) is 17.2. The van der Waals surface area contributed by atoms with Gasteiger partial charge in [0.15, 0.2) is 12.9 Å². The van der Waals surface area contributed by atoms with Crippen LogP contribution in [-0.4, -0.2) is 52.0 Å². The highest BCUT2D eigenvalue weighted by molar-refractivity contribution is 5.98. The fourth-order valence-corrected chi connectivity index (χ4v) is 2.32. The molecule has 1 aliphatic heterocycles. The summed E-state index contributed by atoms with van der Waals surface area (Å²) in [6.07, 6.45) is -0.286. The summed E-state index contributed by atoms with van der Waals surface area (Å²) in [5.41, 5.74) is 1.74. The molecule has 1 heterocycles. The van der Waals surface area contributed by atoms with Gasteiger partial charge in [0.25, 0.3) is 5.91 Å². The summed E-state index contributed by atoms with van der Waals surface area (Å²) in [6.45, 7) is 2.50. The number of fused-ring (bicyclic) bond motifs is 1. The number of anilines is 1. The van der Waals surface area contributed by atoms with Gasteiger partial charge in [0.05, 0.1) is 12.2 Å². The summed E-state index contributed by atoms with van der Waals surface area (Å²) in [7, 11) is 3.01. The minimum absolute atomic E-state index is 0.00684. The molecule has 0 saturated carbocycles. The molecule has 1 aromatic rings. The number of ether oxygens (including phenoxy) is 3. The molecule has 126 valence electrons. The summed E-state index contributed by atoms with van der Waals surface area (Å²) >= 11 is 0. The zero-order valence-corrected chi connectivity index (χ0v) is 13.6. The minimum atomic E-state index is -0.479. The van der Waals surface area contributed by atoms with Crippen molar-refractivity contribution in [2.24, 2.45) is 0 Å². The van der Waals surface area contributed by atoms with Crippen molar-refractivity contribution >= 4 is 17.5 Å². The number of methoxy groups -OCH3 is 2. The molecule has 0 unspecified atom stereocenters. The third-order valence-electron chi connectivity index (χ3n) is 3.61. The van der Waals surface area contributed by atoms with Crippen LogP contribution < -0.4 is 15.0 Å². The quantitative estimate of drug-likeness (QED) is 0.753. The highest BCUT2D eigenvalue weighted by Gasteiger charge is 2.25. The van der Waals surface area contributed by atoms with Gasteiger partial charge in [-0.15, -0.1) is 0 Å². The Labute approximate surface area is 135 Å². The van der Waals surface area contributed by atoms with Crippen molar-refractivity contribution < 1.29 is 23.8 Å². The van der Waals surface area contributed by atoms with Crippen molar-refractivity contribution in [3.63, 3.8) is 0 Å². The van der Waals surface area contributed by atoms with E-state index in [4.69, 9.17) is 14.2 Å². The molecule has 2 amide bonds. The predicted octanol–water partition coefficient (Wildman–Crippen LogP) is 0.846. The van der Waals surface area contributed by atoms with Crippen LogP contribution in [0.5, 0.6) is 5.75 Å². The number of aryl methyl sites for hydroxylation is 1. The molecular weight excluding hydrogens is 300 g/mol. The normalized spacial score (nSPS) is 13.7. The number of carbonyl (C=O) groups is 2. The Bertz CT molecular complexity index is 572. The van der Waals surface area contributed by atoms with E-state index in [9.17, 15) is 9.59 Å². The number of amides is 2. The van der Waals surface area contributed by atoms with Crippen LogP contribution in [-0.2, 0) is 19.1 Å². The molecule has 1 aromatic carbocycles. The molecular formula is C16H22N2O5. The Hall–Kier alpha value is -2.12. The van der Waals surface area contributed by atoms with Gasteiger partial charge in [-0.2, -0.15) is 0 Å². The molecule has 0 spiro atoms. The van der Waals surface area contributed by atoms with Gasteiger partial charge in [-0.3, -0.25) is 9.59 Å². The van der Waals surface area contributed by atoms with Gasteiger partial charge < -0.3 is 24.4 Å². The SMILES string of the molecule is COC(CNC(=O)CCN1C(=O)COc2ccc(C)cc21)OC. The lowest BCUT2D eigenvalue weighted by Gasteiger charge is -2.29. The van der Waals surface area contributed by atoms with Crippen LogP contribution in [0.1, 0.15) is 12.0 Å². The lowest BCUT2D eigenvalue weighted by Crippen LogP contribution is -2.42. The molecule has 0 radical (unpaired) electrons. The van der Waals surface area contributed by atoms with Crippen LogP contribution >= 0.6 is 0 Å². The van der Waals surface area contributed by atoms with Crippen molar-refractivity contribution in [1.29, 1.82) is 0 Å². The highest BCUT2D eigenvalue weighted by Crippen LogP contribution is 2.32. The van der Waals surface area contributed by atoms with Gasteiger partial charge in [0.2, 0.25) is 5.91 Å². The minimum Gasteiger partial charge on any atom is -0.482 e. The standard InChI is InChI=1S/C16H22N2O5/c1-11-4-5-13-12(8-11)18(15(20)10-23-13)7-6-14(19)17-9-16(21-2)22-3/h4-5,8,16H,6-7,9-10H2,1-3H3,(H,17,19). The third kappa shape index (κ3) is 4.43. The van der Waals surface area contributed by atoms with E-state index in [0.29, 0.717) is 18.0 Å². The maximum Gasteiger partial charge on any atom is 0.265 e. The Balaban J connectivity index is 1.94. The topological polar surface area (TPSA) is 77.1 Å². The van der Waals surface area contributed by atoms with Gasteiger partial charge in [0.1, 0.15) is 5.75 Å². The van der Waals surface area contributed by atoms with E-state index < -0.39 is 6.29 Å². The molecule has 0 fully saturated rings. The molecule has 7 nitrogen and oxygen atoms in total. The summed E-state index contributed by atoms with van der Waals surface area (Å²) < 4.78 is 15.4. The number of benzene rings is 1. The van der Waals surface area contributed by atoms with Crippen LogP contribution in [0.2, 0.25) is 0 Å². The first-order chi connectivity index (χ1) is 11.0. The number of carbonyl (C=O) groups excluding carboxylic acids is 2. The largest absolute Gasteiger partial charge is 0.482 e. The Kier molecular flexibility index (Phi) is 5.95. The van der Waals surface area contributed by atoms with Gasteiger partial charge >= 0.3 is 0 Å². The van der Waals surface area contributed by atoms with E-state index in [-0.39, 0.29) is 31.4 Å². The van der Waals surface area contributed by atoms with Crippen LogP contribution in [0.15, 0.2) is 18.2 Å². The average molecular weight is 322 g/mol. The van der Waals surface area contributed by atoms with E-state index >= 15 is 0 Å². The Morgan fingerprint density at radius 3 is 2.83 bits per heavy atom. The van der Waals surface area contributed by atoms with E-state index in [2.05, 4.69) is 5.32 Å². The molecule has 0 aromatic heterocycles. The molecule has 1 aliphatic rings. The van der Waals surface area contributed by atoms with Crippen LogP contribution in [0, 0.1) is 6.92 Å². The molecule has 7 heteroatoms. The van der Waals surface area contributed by atoms with Gasteiger partial charge in [-0.25, -0.2) is 0 Å². The highest BCUT2D eigenvalue weighted by atomic mass is 16.7. The first-order valence-corrected chi connectivity index (χ1v) is 7.41. The Morgan fingerprint density at radius 1 is 1.39 bits per heavy atom. The van der Waals surface area contributed by atoms with E-state index in [1.54, 1.807) is 4.90 Å².